The van der Waals surface area contributed by atoms with E-state index in [9.17, 15) is 10.1 Å². The average Bonchev–Trinajstić information content (AvgIpc) is 2.32. The molecule has 1 aromatic rings. The summed E-state index contributed by atoms with van der Waals surface area (Å²) in [6.45, 7) is 0. The largest absolute Gasteiger partial charge is 0.360 e. The third-order valence-corrected chi connectivity index (χ3v) is 3.12. The predicted octanol–water partition coefficient (Wildman–Crippen LogP) is 2.09. The number of aromatic nitrogens is 1. The van der Waals surface area contributed by atoms with Crippen LogP contribution in [0.15, 0.2) is 18.3 Å². The van der Waals surface area contributed by atoms with Crippen molar-refractivity contribution < 1.29 is 4.92 Å². The van der Waals surface area contributed by atoms with E-state index in [1.165, 1.54) is 6.07 Å². The van der Waals surface area contributed by atoms with Crippen molar-refractivity contribution in [3.05, 3.63) is 28.4 Å². The highest BCUT2D eigenvalue weighted by Crippen LogP contribution is 2.25. The zero-order valence-electron chi connectivity index (χ0n) is 9.91. The van der Waals surface area contributed by atoms with E-state index in [1.54, 1.807) is 12.3 Å². The molecule has 2 unspecified atom stereocenters. The molecule has 0 spiro atoms. The van der Waals surface area contributed by atoms with Crippen molar-refractivity contribution in [2.45, 2.75) is 37.8 Å². The van der Waals surface area contributed by atoms with Crippen molar-refractivity contribution in [1.29, 1.82) is 0 Å². The molecule has 1 aliphatic carbocycles. The Balaban J connectivity index is 0.00000162. The topological polar surface area (TPSA) is 94.1 Å². The van der Waals surface area contributed by atoms with E-state index in [4.69, 9.17) is 5.73 Å². The SMILES string of the molecule is Cl.NC1CCCCC1Nc1ncccc1[N+](=O)[O-]. The van der Waals surface area contributed by atoms with Crippen LogP contribution in [0, 0.1) is 10.1 Å². The minimum absolute atomic E-state index is 0. The van der Waals surface area contributed by atoms with Crippen LogP contribution in [-0.2, 0) is 0 Å². The van der Waals surface area contributed by atoms with Gasteiger partial charge < -0.3 is 11.1 Å². The molecular weight excluding hydrogens is 256 g/mol. The number of pyridine rings is 1. The van der Waals surface area contributed by atoms with E-state index in [1.807, 2.05) is 0 Å². The van der Waals surface area contributed by atoms with E-state index in [0.29, 0.717) is 5.82 Å². The maximum Gasteiger partial charge on any atom is 0.311 e. The molecule has 0 amide bonds. The normalized spacial score (nSPS) is 22.9. The molecule has 2 atom stereocenters. The summed E-state index contributed by atoms with van der Waals surface area (Å²) in [5.74, 6) is 0.319. The molecule has 1 aromatic heterocycles. The molecule has 1 saturated carbocycles. The lowest BCUT2D eigenvalue weighted by atomic mass is 9.91. The van der Waals surface area contributed by atoms with Crippen molar-refractivity contribution >= 4 is 23.9 Å². The lowest BCUT2D eigenvalue weighted by molar-refractivity contribution is -0.384. The van der Waals surface area contributed by atoms with Crippen LogP contribution >= 0.6 is 12.4 Å². The second-order valence-electron chi connectivity index (χ2n) is 4.33. The van der Waals surface area contributed by atoms with E-state index in [0.717, 1.165) is 25.7 Å². The van der Waals surface area contributed by atoms with Gasteiger partial charge in [-0.3, -0.25) is 10.1 Å². The number of nitrogens with two attached hydrogens (primary N) is 1. The van der Waals surface area contributed by atoms with Gasteiger partial charge in [0.1, 0.15) is 0 Å². The Morgan fingerprint density at radius 3 is 2.83 bits per heavy atom. The summed E-state index contributed by atoms with van der Waals surface area (Å²) in [6.07, 6.45) is 5.67. The molecule has 0 saturated heterocycles. The van der Waals surface area contributed by atoms with Crippen LogP contribution in [0.2, 0.25) is 0 Å². The molecule has 0 aliphatic heterocycles. The molecule has 1 aliphatic rings. The molecule has 100 valence electrons. The Labute approximate surface area is 112 Å². The highest BCUT2D eigenvalue weighted by molar-refractivity contribution is 5.85. The lowest BCUT2D eigenvalue weighted by Gasteiger charge is -2.29. The first kappa shape index (κ1) is 14.7. The predicted molar refractivity (Wildman–Crippen MR) is 72.0 cm³/mol. The summed E-state index contributed by atoms with van der Waals surface area (Å²) >= 11 is 0. The third kappa shape index (κ3) is 3.30. The number of anilines is 1. The maximum absolute atomic E-state index is 10.8. The maximum atomic E-state index is 10.8. The number of halogens is 1. The van der Waals surface area contributed by atoms with E-state index < -0.39 is 4.92 Å². The minimum Gasteiger partial charge on any atom is -0.360 e. The Kier molecular flexibility index (Phi) is 5.30. The van der Waals surface area contributed by atoms with Gasteiger partial charge in [-0.25, -0.2) is 4.98 Å². The quantitative estimate of drug-likeness (QED) is 0.649. The average molecular weight is 273 g/mol. The number of nitrogens with one attached hydrogen (secondary N) is 1. The molecule has 1 heterocycles. The van der Waals surface area contributed by atoms with E-state index in [2.05, 4.69) is 10.3 Å². The number of rotatable bonds is 3. The van der Waals surface area contributed by atoms with Crippen LogP contribution in [0.5, 0.6) is 0 Å². The van der Waals surface area contributed by atoms with Crippen LogP contribution < -0.4 is 11.1 Å². The van der Waals surface area contributed by atoms with Crippen molar-refractivity contribution in [3.8, 4) is 0 Å². The number of nitro groups is 1. The third-order valence-electron chi connectivity index (χ3n) is 3.12. The Bertz CT molecular complexity index is 416. The van der Waals surface area contributed by atoms with Gasteiger partial charge in [-0.05, 0) is 18.9 Å². The summed E-state index contributed by atoms with van der Waals surface area (Å²) in [6, 6.07) is 3.14. The van der Waals surface area contributed by atoms with Crippen molar-refractivity contribution in [1.82, 2.24) is 4.98 Å². The summed E-state index contributed by atoms with van der Waals surface area (Å²) in [5.41, 5.74) is 6.00. The van der Waals surface area contributed by atoms with Gasteiger partial charge in [0.2, 0.25) is 5.82 Å². The van der Waals surface area contributed by atoms with Crippen molar-refractivity contribution in [3.63, 3.8) is 0 Å². The summed E-state index contributed by atoms with van der Waals surface area (Å²) in [7, 11) is 0. The highest BCUT2D eigenvalue weighted by atomic mass is 35.5. The van der Waals surface area contributed by atoms with Crippen LogP contribution in [0.1, 0.15) is 25.7 Å². The smallest absolute Gasteiger partial charge is 0.311 e. The molecule has 7 heteroatoms. The fraction of sp³-hybridized carbons (Fsp3) is 0.545. The first-order valence-corrected chi connectivity index (χ1v) is 5.80. The van der Waals surface area contributed by atoms with Crippen LogP contribution in [0.3, 0.4) is 0 Å². The molecule has 0 bridgehead atoms. The number of nitrogens with zero attached hydrogens (tertiary/aromatic N) is 2. The van der Waals surface area contributed by atoms with Crippen LogP contribution in [-0.4, -0.2) is 22.0 Å². The molecule has 3 N–H and O–H groups in total. The summed E-state index contributed by atoms with van der Waals surface area (Å²) in [4.78, 5) is 14.4. The standard InChI is InChI=1S/C11H16N4O2.ClH/c12-8-4-1-2-5-9(8)14-11-10(15(16)17)6-3-7-13-11;/h3,6-9H,1-2,4-5,12H2,(H,13,14);1H. The summed E-state index contributed by atoms with van der Waals surface area (Å²) in [5, 5.41) is 13.9. The van der Waals surface area contributed by atoms with E-state index >= 15 is 0 Å². The van der Waals surface area contributed by atoms with Crippen LogP contribution in [0.25, 0.3) is 0 Å². The molecule has 0 radical (unpaired) electrons. The van der Waals surface area contributed by atoms with Gasteiger partial charge in [-0.1, -0.05) is 12.8 Å². The van der Waals surface area contributed by atoms with E-state index in [-0.39, 0.29) is 30.2 Å². The Hall–Kier alpha value is -1.40. The first-order valence-electron chi connectivity index (χ1n) is 5.80. The van der Waals surface area contributed by atoms with Gasteiger partial charge >= 0.3 is 5.69 Å². The van der Waals surface area contributed by atoms with Crippen LogP contribution in [0.4, 0.5) is 11.5 Å². The van der Waals surface area contributed by atoms with Gasteiger partial charge in [0, 0.05) is 24.3 Å². The van der Waals surface area contributed by atoms with Gasteiger partial charge in [-0.15, -0.1) is 12.4 Å². The number of hydrogen-bond acceptors (Lipinski definition) is 5. The molecule has 1 fully saturated rings. The lowest BCUT2D eigenvalue weighted by Crippen LogP contribution is -2.42. The Morgan fingerprint density at radius 1 is 1.44 bits per heavy atom. The van der Waals surface area contributed by atoms with Crippen molar-refractivity contribution in [2.24, 2.45) is 5.73 Å². The molecule has 6 nitrogen and oxygen atoms in total. The Morgan fingerprint density at radius 2 is 2.17 bits per heavy atom. The second kappa shape index (κ2) is 6.51. The zero-order valence-corrected chi connectivity index (χ0v) is 10.7. The van der Waals surface area contributed by atoms with Gasteiger partial charge in [-0.2, -0.15) is 0 Å². The minimum atomic E-state index is -0.427. The zero-order chi connectivity index (χ0) is 12.3. The highest BCUT2D eigenvalue weighted by Gasteiger charge is 2.24. The number of hydrogen-bond donors (Lipinski definition) is 2. The molecule has 2 rings (SSSR count). The fourth-order valence-electron chi connectivity index (χ4n) is 2.17. The van der Waals surface area contributed by atoms with Gasteiger partial charge in [0.25, 0.3) is 0 Å². The fourth-order valence-corrected chi connectivity index (χ4v) is 2.17. The summed E-state index contributed by atoms with van der Waals surface area (Å²) < 4.78 is 0. The molecule has 18 heavy (non-hydrogen) atoms. The van der Waals surface area contributed by atoms with Gasteiger partial charge in [0.05, 0.1) is 4.92 Å². The first-order chi connectivity index (χ1) is 8.18. The monoisotopic (exact) mass is 272 g/mol. The van der Waals surface area contributed by atoms with Gasteiger partial charge in [0.15, 0.2) is 0 Å². The van der Waals surface area contributed by atoms with Crippen molar-refractivity contribution in [2.75, 3.05) is 5.32 Å². The second-order valence-corrected chi connectivity index (χ2v) is 4.33. The molecule has 0 aromatic carbocycles. The molecular formula is C11H17ClN4O2.